The van der Waals surface area contributed by atoms with Crippen LogP contribution in [0.1, 0.15) is 6.92 Å². The molecule has 0 aliphatic heterocycles. The van der Waals surface area contributed by atoms with Crippen molar-refractivity contribution in [1.82, 2.24) is 9.55 Å². The predicted molar refractivity (Wildman–Crippen MR) is 60.9 cm³/mol. The Bertz CT molecular complexity index is 383. The van der Waals surface area contributed by atoms with Crippen molar-refractivity contribution in [2.24, 2.45) is 5.73 Å². The predicted octanol–water partition coefficient (Wildman–Crippen LogP) is 0.190. The highest BCUT2D eigenvalue weighted by Crippen LogP contribution is 1.92. The summed E-state index contributed by atoms with van der Waals surface area (Å²) >= 11 is 0. The van der Waals surface area contributed by atoms with Crippen LogP contribution >= 0.6 is 0 Å². The zero-order chi connectivity index (χ0) is 11.1. The molecule has 1 heterocycles. The first-order chi connectivity index (χ1) is 7.29. The van der Waals surface area contributed by atoms with Gasteiger partial charge in [-0.3, -0.25) is 4.79 Å². The largest absolute Gasteiger partial charge is 0.362 e. The molecule has 3 N–H and O–H groups in total. The highest BCUT2D eigenvalue weighted by molar-refractivity contribution is 5.31. The SMILES string of the molecule is CCn1ccnc(NC/C=C/CN)c1=O. The fraction of sp³-hybridized carbons (Fsp3) is 0.400. The van der Waals surface area contributed by atoms with E-state index in [2.05, 4.69) is 10.3 Å². The summed E-state index contributed by atoms with van der Waals surface area (Å²) in [5.74, 6) is 0.376. The molecule has 0 unspecified atom stereocenters. The minimum Gasteiger partial charge on any atom is -0.362 e. The molecule has 5 heteroatoms. The number of nitrogens with zero attached hydrogens (tertiary/aromatic N) is 2. The molecule has 82 valence electrons. The second-order valence-electron chi connectivity index (χ2n) is 2.96. The van der Waals surface area contributed by atoms with Gasteiger partial charge in [0, 0.05) is 32.0 Å². The van der Waals surface area contributed by atoms with Gasteiger partial charge >= 0.3 is 0 Å². The molecule has 0 spiro atoms. The smallest absolute Gasteiger partial charge is 0.293 e. The van der Waals surface area contributed by atoms with Gasteiger partial charge in [0.15, 0.2) is 5.82 Å². The number of hydrogen-bond acceptors (Lipinski definition) is 4. The minimum atomic E-state index is -0.0962. The lowest BCUT2D eigenvalue weighted by atomic mass is 10.4. The summed E-state index contributed by atoms with van der Waals surface area (Å²) in [6.45, 7) is 3.63. The standard InChI is InChI=1S/C10H16N4O/c1-2-14-8-7-13-9(10(14)15)12-6-4-3-5-11/h3-4,7-8H,2,5-6,11H2,1H3,(H,12,13)/b4-3+. The van der Waals surface area contributed by atoms with E-state index in [0.717, 1.165) is 0 Å². The number of rotatable bonds is 5. The maximum atomic E-state index is 11.7. The Balaban J connectivity index is 2.69. The zero-order valence-corrected chi connectivity index (χ0v) is 8.81. The summed E-state index contributed by atoms with van der Waals surface area (Å²) < 4.78 is 1.60. The van der Waals surface area contributed by atoms with Crippen molar-refractivity contribution < 1.29 is 0 Å². The van der Waals surface area contributed by atoms with Gasteiger partial charge in [-0.25, -0.2) is 4.98 Å². The second kappa shape index (κ2) is 5.98. The Morgan fingerprint density at radius 1 is 1.60 bits per heavy atom. The molecule has 0 atom stereocenters. The van der Waals surface area contributed by atoms with E-state index >= 15 is 0 Å². The van der Waals surface area contributed by atoms with Gasteiger partial charge in [0.25, 0.3) is 5.56 Å². The van der Waals surface area contributed by atoms with E-state index in [1.165, 1.54) is 0 Å². The molecule has 0 aromatic carbocycles. The van der Waals surface area contributed by atoms with E-state index in [-0.39, 0.29) is 5.56 Å². The van der Waals surface area contributed by atoms with E-state index in [1.54, 1.807) is 17.0 Å². The Morgan fingerprint density at radius 3 is 3.07 bits per heavy atom. The van der Waals surface area contributed by atoms with Crippen LogP contribution in [-0.4, -0.2) is 22.6 Å². The van der Waals surface area contributed by atoms with E-state index in [1.807, 2.05) is 19.1 Å². The van der Waals surface area contributed by atoms with Gasteiger partial charge in [0.05, 0.1) is 0 Å². The molecule has 0 aliphatic rings. The minimum absolute atomic E-state index is 0.0962. The zero-order valence-electron chi connectivity index (χ0n) is 8.81. The van der Waals surface area contributed by atoms with E-state index in [0.29, 0.717) is 25.5 Å². The van der Waals surface area contributed by atoms with Crippen LogP contribution < -0.4 is 16.6 Å². The van der Waals surface area contributed by atoms with Gasteiger partial charge < -0.3 is 15.6 Å². The molecule has 5 nitrogen and oxygen atoms in total. The summed E-state index contributed by atoms with van der Waals surface area (Å²) in [7, 11) is 0. The van der Waals surface area contributed by atoms with Gasteiger partial charge in [-0.05, 0) is 6.92 Å². The Kier molecular flexibility index (Phi) is 4.56. The van der Waals surface area contributed by atoms with Crippen LogP contribution in [0.15, 0.2) is 29.3 Å². The maximum Gasteiger partial charge on any atom is 0.293 e. The lowest BCUT2D eigenvalue weighted by Gasteiger charge is -2.04. The third-order valence-corrected chi connectivity index (χ3v) is 1.94. The quantitative estimate of drug-likeness (QED) is 0.677. The number of anilines is 1. The number of hydrogen-bond donors (Lipinski definition) is 2. The summed E-state index contributed by atoms with van der Waals surface area (Å²) in [4.78, 5) is 15.6. The van der Waals surface area contributed by atoms with Crippen LogP contribution in [0.3, 0.4) is 0 Å². The second-order valence-corrected chi connectivity index (χ2v) is 2.96. The highest BCUT2D eigenvalue weighted by Gasteiger charge is 2.00. The Morgan fingerprint density at radius 2 is 2.40 bits per heavy atom. The molecule has 0 fully saturated rings. The van der Waals surface area contributed by atoms with E-state index < -0.39 is 0 Å². The Labute approximate surface area is 88.6 Å². The topological polar surface area (TPSA) is 72.9 Å². The maximum absolute atomic E-state index is 11.7. The first kappa shape index (κ1) is 11.5. The van der Waals surface area contributed by atoms with Crippen molar-refractivity contribution in [2.75, 3.05) is 18.4 Å². The third-order valence-electron chi connectivity index (χ3n) is 1.94. The average molecular weight is 208 g/mol. The van der Waals surface area contributed by atoms with Crippen molar-refractivity contribution >= 4 is 5.82 Å². The van der Waals surface area contributed by atoms with Crippen molar-refractivity contribution in [1.29, 1.82) is 0 Å². The van der Waals surface area contributed by atoms with Gasteiger partial charge in [-0.15, -0.1) is 0 Å². The van der Waals surface area contributed by atoms with Crippen molar-refractivity contribution in [3.8, 4) is 0 Å². The number of aryl methyl sites for hydroxylation is 1. The molecule has 0 saturated carbocycles. The normalized spacial score (nSPS) is 10.8. The molecule has 1 rings (SSSR count). The van der Waals surface area contributed by atoms with Crippen molar-refractivity contribution in [3.63, 3.8) is 0 Å². The van der Waals surface area contributed by atoms with Gasteiger partial charge in [0.2, 0.25) is 0 Å². The van der Waals surface area contributed by atoms with Crippen LogP contribution in [-0.2, 0) is 6.54 Å². The van der Waals surface area contributed by atoms with Gasteiger partial charge in [0.1, 0.15) is 0 Å². The molecule has 0 bridgehead atoms. The van der Waals surface area contributed by atoms with Crippen molar-refractivity contribution in [2.45, 2.75) is 13.5 Å². The van der Waals surface area contributed by atoms with Crippen molar-refractivity contribution in [3.05, 3.63) is 34.9 Å². The fourth-order valence-electron chi connectivity index (χ4n) is 1.15. The lowest BCUT2D eigenvalue weighted by molar-refractivity contribution is 0.719. The van der Waals surface area contributed by atoms with Crippen LogP contribution in [0.2, 0.25) is 0 Å². The first-order valence-corrected chi connectivity index (χ1v) is 4.94. The van der Waals surface area contributed by atoms with Gasteiger partial charge in [-0.2, -0.15) is 0 Å². The summed E-state index contributed by atoms with van der Waals surface area (Å²) in [5, 5.41) is 2.94. The number of nitrogens with two attached hydrogens (primary N) is 1. The fourth-order valence-corrected chi connectivity index (χ4v) is 1.15. The van der Waals surface area contributed by atoms with Crippen LogP contribution in [0.5, 0.6) is 0 Å². The molecule has 0 aliphatic carbocycles. The first-order valence-electron chi connectivity index (χ1n) is 4.94. The summed E-state index contributed by atoms with van der Waals surface area (Å²) in [5.41, 5.74) is 5.19. The van der Waals surface area contributed by atoms with E-state index in [4.69, 9.17) is 5.73 Å². The molecular formula is C10H16N4O. The molecule has 0 saturated heterocycles. The average Bonchev–Trinajstić information content (AvgIpc) is 2.26. The monoisotopic (exact) mass is 208 g/mol. The summed E-state index contributed by atoms with van der Waals surface area (Å²) in [6, 6.07) is 0. The molecule has 0 radical (unpaired) electrons. The lowest BCUT2D eigenvalue weighted by Crippen LogP contribution is -2.23. The highest BCUT2D eigenvalue weighted by atomic mass is 16.1. The summed E-state index contributed by atoms with van der Waals surface area (Å²) in [6.07, 6.45) is 6.97. The van der Waals surface area contributed by atoms with E-state index in [9.17, 15) is 4.79 Å². The van der Waals surface area contributed by atoms with Gasteiger partial charge in [-0.1, -0.05) is 12.2 Å². The number of nitrogens with one attached hydrogen (secondary N) is 1. The van der Waals surface area contributed by atoms with Crippen LogP contribution in [0, 0.1) is 0 Å². The molecule has 0 amide bonds. The molecule has 15 heavy (non-hydrogen) atoms. The van der Waals surface area contributed by atoms with Crippen LogP contribution in [0.25, 0.3) is 0 Å². The molecular weight excluding hydrogens is 192 g/mol. The van der Waals surface area contributed by atoms with Crippen LogP contribution in [0.4, 0.5) is 5.82 Å². The number of aromatic nitrogens is 2. The molecule has 1 aromatic rings. The molecule has 1 aromatic heterocycles. The Hall–Kier alpha value is -1.62. The third kappa shape index (κ3) is 3.21.